The Labute approximate surface area is 62.6 Å². The molecule has 0 aliphatic carbocycles. The zero-order chi connectivity index (χ0) is 7.49. The summed E-state index contributed by atoms with van der Waals surface area (Å²) in [6, 6.07) is 0. The van der Waals surface area contributed by atoms with Gasteiger partial charge in [0.1, 0.15) is 4.87 Å². The van der Waals surface area contributed by atoms with E-state index in [4.69, 9.17) is 18.0 Å². The van der Waals surface area contributed by atoms with Crippen LogP contribution in [-0.2, 0) is 0 Å². The van der Waals surface area contributed by atoms with Crippen molar-refractivity contribution in [2.24, 2.45) is 5.92 Å². The van der Waals surface area contributed by atoms with E-state index in [0.717, 1.165) is 6.42 Å². The van der Waals surface area contributed by atoms with Gasteiger partial charge in [-0.2, -0.15) is 0 Å². The molecule has 0 saturated heterocycles. The van der Waals surface area contributed by atoms with Crippen molar-refractivity contribution in [3.63, 3.8) is 0 Å². The Hall–Kier alpha value is -0.150. The van der Waals surface area contributed by atoms with Gasteiger partial charge in [-0.15, -0.1) is 18.0 Å². The van der Waals surface area contributed by atoms with Crippen LogP contribution in [0, 0.1) is 18.3 Å². The Morgan fingerprint density at radius 2 is 2.22 bits per heavy atom. The van der Waals surface area contributed by atoms with Crippen LogP contribution < -0.4 is 0 Å². The molecule has 0 N–H and O–H groups in total. The molecule has 0 aliphatic rings. The molecule has 0 radical (unpaired) electrons. The lowest BCUT2D eigenvalue weighted by Gasteiger charge is -2.21. The van der Waals surface area contributed by atoms with Gasteiger partial charge in [0.25, 0.3) is 0 Å². The minimum absolute atomic E-state index is 0.393. The molecule has 52 valence electrons. The van der Waals surface area contributed by atoms with E-state index in [1.54, 1.807) is 0 Å². The fraction of sp³-hybridized carbons (Fsp3) is 0.750. The van der Waals surface area contributed by atoms with Crippen LogP contribution in [0.5, 0.6) is 0 Å². The van der Waals surface area contributed by atoms with Gasteiger partial charge >= 0.3 is 0 Å². The van der Waals surface area contributed by atoms with Crippen molar-refractivity contribution in [2.75, 3.05) is 0 Å². The van der Waals surface area contributed by atoms with Crippen molar-refractivity contribution in [1.82, 2.24) is 0 Å². The average molecular weight is 145 g/mol. The Morgan fingerprint density at radius 3 is 2.33 bits per heavy atom. The molecule has 0 heterocycles. The molecule has 2 atom stereocenters. The first kappa shape index (κ1) is 8.85. The van der Waals surface area contributed by atoms with Crippen LogP contribution in [0.4, 0.5) is 0 Å². The molecule has 9 heavy (non-hydrogen) atoms. The fourth-order valence-corrected chi connectivity index (χ4v) is 0.680. The number of alkyl halides is 1. The summed E-state index contributed by atoms with van der Waals surface area (Å²) in [5.41, 5.74) is 0. The van der Waals surface area contributed by atoms with Gasteiger partial charge in [0.2, 0.25) is 0 Å². The smallest absolute Gasteiger partial charge is 0.104 e. The van der Waals surface area contributed by atoms with E-state index >= 15 is 0 Å². The summed E-state index contributed by atoms with van der Waals surface area (Å²) in [5.74, 6) is 2.95. The number of rotatable bonds is 2. The molecule has 0 aromatic heterocycles. The highest BCUT2D eigenvalue weighted by molar-refractivity contribution is 6.25. The summed E-state index contributed by atoms with van der Waals surface area (Å²) in [6.07, 6.45) is 6.23. The van der Waals surface area contributed by atoms with Gasteiger partial charge in [0.05, 0.1) is 0 Å². The third kappa shape index (κ3) is 2.28. The van der Waals surface area contributed by atoms with Gasteiger partial charge in [0.15, 0.2) is 0 Å². The van der Waals surface area contributed by atoms with Crippen molar-refractivity contribution >= 4 is 11.6 Å². The van der Waals surface area contributed by atoms with Gasteiger partial charge in [-0.1, -0.05) is 26.2 Å². The van der Waals surface area contributed by atoms with Crippen LogP contribution in [0.3, 0.4) is 0 Å². The molecule has 0 rings (SSSR count). The zero-order valence-electron chi connectivity index (χ0n) is 6.24. The minimum atomic E-state index is -0.450. The predicted octanol–water partition coefficient (Wildman–Crippen LogP) is 2.66. The molecule has 0 aromatic rings. The SMILES string of the molecule is C#CC(C)(Cl)C(C)CC. The lowest BCUT2D eigenvalue weighted by Crippen LogP contribution is -2.22. The van der Waals surface area contributed by atoms with Gasteiger partial charge < -0.3 is 0 Å². The van der Waals surface area contributed by atoms with Crippen molar-refractivity contribution in [3.05, 3.63) is 0 Å². The van der Waals surface area contributed by atoms with Crippen LogP contribution in [0.1, 0.15) is 27.2 Å². The highest BCUT2D eigenvalue weighted by atomic mass is 35.5. The Kier molecular flexibility index (Phi) is 3.08. The third-order valence-corrected chi connectivity index (χ3v) is 2.30. The van der Waals surface area contributed by atoms with E-state index in [-0.39, 0.29) is 0 Å². The van der Waals surface area contributed by atoms with Gasteiger partial charge in [-0.25, -0.2) is 0 Å². The number of hydrogen-bond acceptors (Lipinski definition) is 0. The molecular formula is C8H13Cl. The summed E-state index contributed by atoms with van der Waals surface area (Å²) in [7, 11) is 0. The Bertz CT molecular complexity index is 119. The minimum Gasteiger partial charge on any atom is -0.118 e. The second-order valence-corrected chi connectivity index (χ2v) is 3.31. The highest BCUT2D eigenvalue weighted by Gasteiger charge is 2.23. The second-order valence-electron chi connectivity index (χ2n) is 2.53. The monoisotopic (exact) mass is 144 g/mol. The second kappa shape index (κ2) is 3.13. The maximum Gasteiger partial charge on any atom is 0.104 e. The highest BCUT2D eigenvalue weighted by Crippen LogP contribution is 2.25. The first-order valence-corrected chi connectivity index (χ1v) is 3.59. The number of halogens is 1. The molecule has 0 spiro atoms. The summed E-state index contributed by atoms with van der Waals surface area (Å²) in [5, 5.41) is 0. The molecule has 0 nitrogen and oxygen atoms in total. The van der Waals surface area contributed by atoms with Gasteiger partial charge in [0, 0.05) is 0 Å². The molecule has 2 unspecified atom stereocenters. The van der Waals surface area contributed by atoms with Crippen LogP contribution in [0.2, 0.25) is 0 Å². The summed E-state index contributed by atoms with van der Waals surface area (Å²) >= 11 is 5.94. The topological polar surface area (TPSA) is 0 Å². The Morgan fingerprint density at radius 1 is 1.78 bits per heavy atom. The zero-order valence-corrected chi connectivity index (χ0v) is 7.00. The molecule has 0 amide bonds. The number of hydrogen-bond donors (Lipinski definition) is 0. The normalized spacial score (nSPS) is 19.9. The van der Waals surface area contributed by atoms with Crippen molar-refractivity contribution < 1.29 is 0 Å². The van der Waals surface area contributed by atoms with Crippen LogP contribution >= 0.6 is 11.6 Å². The maximum absolute atomic E-state index is 5.94. The van der Waals surface area contributed by atoms with Crippen LogP contribution in [-0.4, -0.2) is 4.87 Å². The fourth-order valence-electron chi connectivity index (χ4n) is 0.526. The molecule has 0 bridgehead atoms. The lowest BCUT2D eigenvalue weighted by atomic mass is 9.94. The molecule has 1 heteroatoms. The van der Waals surface area contributed by atoms with Gasteiger partial charge in [-0.05, 0) is 12.8 Å². The van der Waals surface area contributed by atoms with Crippen LogP contribution in [0.15, 0.2) is 0 Å². The van der Waals surface area contributed by atoms with E-state index in [2.05, 4.69) is 19.8 Å². The first-order valence-electron chi connectivity index (χ1n) is 3.21. The molecular weight excluding hydrogens is 132 g/mol. The maximum atomic E-state index is 5.94. The average Bonchev–Trinajstić information content (AvgIpc) is 1.86. The largest absolute Gasteiger partial charge is 0.118 e. The predicted molar refractivity (Wildman–Crippen MR) is 42.5 cm³/mol. The molecule has 0 aromatic carbocycles. The van der Waals surface area contributed by atoms with E-state index in [1.165, 1.54) is 0 Å². The van der Waals surface area contributed by atoms with Crippen molar-refractivity contribution in [1.29, 1.82) is 0 Å². The summed E-state index contributed by atoms with van der Waals surface area (Å²) < 4.78 is 0. The van der Waals surface area contributed by atoms with Crippen LogP contribution in [0.25, 0.3) is 0 Å². The quantitative estimate of drug-likeness (QED) is 0.413. The van der Waals surface area contributed by atoms with Gasteiger partial charge in [-0.3, -0.25) is 0 Å². The number of terminal acetylenes is 1. The molecule has 0 saturated carbocycles. The molecule has 0 aliphatic heterocycles. The third-order valence-electron chi connectivity index (χ3n) is 1.82. The lowest BCUT2D eigenvalue weighted by molar-refractivity contribution is 0.487. The van der Waals surface area contributed by atoms with E-state index in [1.807, 2.05) is 6.92 Å². The van der Waals surface area contributed by atoms with E-state index < -0.39 is 4.87 Å². The van der Waals surface area contributed by atoms with E-state index in [0.29, 0.717) is 5.92 Å². The first-order chi connectivity index (χ1) is 4.04. The summed E-state index contributed by atoms with van der Waals surface area (Å²) in [4.78, 5) is -0.450. The van der Waals surface area contributed by atoms with Crippen molar-refractivity contribution in [3.8, 4) is 12.3 Å². The molecule has 0 fully saturated rings. The Balaban J connectivity index is 4.01. The van der Waals surface area contributed by atoms with Crippen molar-refractivity contribution in [2.45, 2.75) is 32.1 Å². The standard InChI is InChI=1S/C8H13Cl/c1-5-7(3)8(4,9)6-2/h2,7H,5H2,1,3-4H3. The summed E-state index contributed by atoms with van der Waals surface area (Å²) in [6.45, 7) is 6.03. The van der Waals surface area contributed by atoms with E-state index in [9.17, 15) is 0 Å².